The van der Waals surface area contributed by atoms with Crippen LogP contribution < -0.4 is 0 Å². The number of aromatic nitrogens is 2. The van der Waals surface area contributed by atoms with E-state index in [0.717, 1.165) is 13.1 Å². The smallest absolute Gasteiger partial charge is 0.335 e. The molecule has 3 rings (SSSR count). The maximum Gasteiger partial charge on any atom is 0.416 e. The Morgan fingerprint density at radius 2 is 1.97 bits per heavy atom. The van der Waals surface area contributed by atoms with E-state index in [9.17, 15) is 31.1 Å². The third kappa shape index (κ3) is 4.56. The minimum atomic E-state index is -4.60. The van der Waals surface area contributed by atoms with Gasteiger partial charge < -0.3 is 4.90 Å². The molecule has 0 radical (unpaired) electrons. The van der Waals surface area contributed by atoms with Gasteiger partial charge >= 0.3 is 6.18 Å². The Morgan fingerprint density at radius 3 is 2.52 bits per heavy atom. The maximum absolute atomic E-state index is 14.2. The number of nitrogens with zero attached hydrogens (tertiary/aromatic N) is 3. The molecule has 0 N–H and O–H groups in total. The maximum atomic E-state index is 14.2. The van der Waals surface area contributed by atoms with E-state index in [2.05, 4.69) is 5.10 Å². The Labute approximate surface area is 163 Å². The topological polar surface area (TPSA) is 38.1 Å². The third-order valence-corrected chi connectivity index (χ3v) is 4.85. The molecule has 158 valence electrons. The Hall–Kier alpha value is -2.52. The van der Waals surface area contributed by atoms with Gasteiger partial charge in [-0.25, -0.2) is 13.5 Å². The number of halogens is 6. The monoisotopic (exact) mass is 419 g/mol. The van der Waals surface area contributed by atoms with Gasteiger partial charge in [0.05, 0.1) is 12.0 Å². The number of hydrogen-bond donors (Lipinski definition) is 0. The van der Waals surface area contributed by atoms with Gasteiger partial charge in [-0.2, -0.15) is 22.7 Å². The van der Waals surface area contributed by atoms with Crippen LogP contribution in [0.5, 0.6) is 0 Å². The Morgan fingerprint density at radius 1 is 1.31 bits per heavy atom. The number of aryl methyl sites for hydroxylation is 2. The molecule has 1 aliphatic rings. The highest BCUT2D eigenvalue weighted by molar-refractivity contribution is 5.79. The van der Waals surface area contributed by atoms with E-state index in [1.165, 1.54) is 17.0 Å². The minimum absolute atomic E-state index is 0.0847. The molecule has 0 unspecified atom stereocenters. The van der Waals surface area contributed by atoms with E-state index in [4.69, 9.17) is 0 Å². The first-order valence-corrected chi connectivity index (χ1v) is 8.94. The van der Waals surface area contributed by atoms with Crippen molar-refractivity contribution in [2.24, 2.45) is 7.05 Å². The van der Waals surface area contributed by atoms with E-state index in [-0.39, 0.29) is 18.2 Å². The first kappa shape index (κ1) is 21.2. The molecule has 4 nitrogen and oxygen atoms in total. The van der Waals surface area contributed by atoms with Crippen LogP contribution in [0.15, 0.2) is 18.2 Å². The van der Waals surface area contributed by atoms with Crippen LogP contribution in [0.2, 0.25) is 0 Å². The van der Waals surface area contributed by atoms with Crippen molar-refractivity contribution in [3.05, 3.63) is 52.1 Å². The Balaban J connectivity index is 1.89. The molecule has 2 aromatic rings. The Kier molecular flexibility index (Phi) is 5.64. The third-order valence-electron chi connectivity index (χ3n) is 4.85. The number of amides is 1. The van der Waals surface area contributed by atoms with Crippen LogP contribution >= 0.6 is 0 Å². The average molecular weight is 419 g/mol. The second-order valence-electron chi connectivity index (χ2n) is 7.17. The fourth-order valence-corrected chi connectivity index (χ4v) is 3.28. The molecule has 1 heterocycles. The molecule has 0 atom stereocenters. The van der Waals surface area contributed by atoms with Gasteiger partial charge in [0.15, 0.2) is 0 Å². The molecule has 1 aromatic carbocycles. The predicted octanol–water partition coefficient (Wildman–Crippen LogP) is 4.56. The lowest BCUT2D eigenvalue weighted by molar-refractivity contribution is -0.140. The van der Waals surface area contributed by atoms with Gasteiger partial charge in [0.2, 0.25) is 11.9 Å². The van der Waals surface area contributed by atoms with Crippen LogP contribution in [-0.4, -0.2) is 26.6 Å². The molecule has 1 amide bonds. The molecule has 29 heavy (non-hydrogen) atoms. The summed E-state index contributed by atoms with van der Waals surface area (Å²) >= 11 is 0. The highest BCUT2D eigenvalue weighted by Gasteiger charge is 2.38. The van der Waals surface area contributed by atoms with E-state index < -0.39 is 47.7 Å². The Bertz CT molecular complexity index is 917. The van der Waals surface area contributed by atoms with Crippen molar-refractivity contribution in [3.8, 4) is 0 Å². The first-order valence-electron chi connectivity index (χ1n) is 8.94. The largest absolute Gasteiger partial charge is 0.416 e. The second kappa shape index (κ2) is 7.72. The lowest BCUT2D eigenvalue weighted by Crippen LogP contribution is -2.35. The summed E-state index contributed by atoms with van der Waals surface area (Å²) in [6.07, 6.45) is -7.18. The van der Waals surface area contributed by atoms with Crippen molar-refractivity contribution in [1.82, 2.24) is 14.7 Å². The number of alkyl halides is 5. The minimum Gasteiger partial charge on any atom is -0.335 e. The molecule has 1 aliphatic carbocycles. The van der Waals surface area contributed by atoms with Crippen molar-refractivity contribution >= 4 is 5.91 Å². The number of hydrogen-bond acceptors (Lipinski definition) is 2. The zero-order valence-electron chi connectivity index (χ0n) is 15.7. The lowest BCUT2D eigenvalue weighted by atomic mass is 10.0. The van der Waals surface area contributed by atoms with Gasteiger partial charge in [0.1, 0.15) is 5.69 Å². The summed E-state index contributed by atoms with van der Waals surface area (Å²) in [5.41, 5.74) is -1.71. The van der Waals surface area contributed by atoms with Crippen LogP contribution in [0, 0.1) is 12.9 Å². The molecule has 1 aromatic heterocycles. The summed E-state index contributed by atoms with van der Waals surface area (Å²) in [7, 11) is 1.14. The quantitative estimate of drug-likeness (QED) is 0.644. The fraction of sp³-hybridized carbons (Fsp3) is 0.474. The van der Waals surface area contributed by atoms with Gasteiger partial charge in [-0.1, -0.05) is 17.7 Å². The van der Waals surface area contributed by atoms with Crippen LogP contribution in [0.25, 0.3) is 0 Å². The average Bonchev–Trinajstić information content (AvgIpc) is 3.41. The van der Waals surface area contributed by atoms with Crippen molar-refractivity contribution in [2.45, 2.75) is 51.4 Å². The second-order valence-corrected chi connectivity index (χ2v) is 7.17. The normalized spacial score (nSPS) is 14.5. The van der Waals surface area contributed by atoms with E-state index in [1.807, 2.05) is 0 Å². The fourth-order valence-electron chi connectivity index (χ4n) is 3.28. The van der Waals surface area contributed by atoms with Crippen LogP contribution in [0.1, 0.15) is 47.2 Å². The predicted molar refractivity (Wildman–Crippen MR) is 91.6 cm³/mol. The molecule has 1 fully saturated rings. The zero-order valence-corrected chi connectivity index (χ0v) is 15.7. The summed E-state index contributed by atoms with van der Waals surface area (Å²) in [5, 5.41) is 3.40. The van der Waals surface area contributed by atoms with Crippen LogP contribution in [0.4, 0.5) is 26.3 Å². The summed E-state index contributed by atoms with van der Waals surface area (Å²) in [4.78, 5) is 14.0. The molecule has 0 aliphatic heterocycles. The van der Waals surface area contributed by atoms with Crippen molar-refractivity contribution in [3.63, 3.8) is 0 Å². The lowest BCUT2D eigenvalue weighted by Gasteiger charge is -2.25. The molecule has 1 saturated carbocycles. The van der Waals surface area contributed by atoms with Gasteiger partial charge in [-0.15, -0.1) is 0 Å². The SMILES string of the molecule is Cc1ccc(C(F)(F)F)c(CN(C(=O)Cc2c(C(F)F)nn(C)c2F)C2CC2)c1. The van der Waals surface area contributed by atoms with E-state index in [0.29, 0.717) is 23.1 Å². The molecular formula is C19H19F6N3O. The summed E-state index contributed by atoms with van der Waals surface area (Å²) in [6.45, 7) is 1.30. The standard InChI is InChI=1S/C19H19F6N3O/c1-10-3-6-14(19(23,24)25)11(7-10)9-28(12-4-5-12)15(29)8-13-16(17(20)21)26-27(2)18(13)22/h3,6-7,12,17H,4-5,8-9H2,1-2H3. The van der Waals surface area contributed by atoms with Crippen molar-refractivity contribution < 1.29 is 31.1 Å². The summed E-state index contributed by atoms with van der Waals surface area (Å²) in [5.74, 6) is -1.77. The zero-order chi connectivity index (χ0) is 21.5. The summed E-state index contributed by atoms with van der Waals surface area (Å²) < 4.78 is 81.1. The molecule has 0 spiro atoms. The van der Waals surface area contributed by atoms with E-state index in [1.54, 1.807) is 6.92 Å². The van der Waals surface area contributed by atoms with Gasteiger partial charge in [0, 0.05) is 25.2 Å². The van der Waals surface area contributed by atoms with Gasteiger partial charge in [-0.3, -0.25) is 4.79 Å². The molecule has 10 heteroatoms. The number of benzene rings is 1. The molecule has 0 saturated heterocycles. The van der Waals surface area contributed by atoms with Gasteiger partial charge in [-0.05, 0) is 31.4 Å². The van der Waals surface area contributed by atoms with E-state index >= 15 is 0 Å². The summed E-state index contributed by atoms with van der Waals surface area (Å²) in [6, 6.07) is 3.34. The van der Waals surface area contributed by atoms with Crippen LogP contribution in [0.3, 0.4) is 0 Å². The highest BCUT2D eigenvalue weighted by atomic mass is 19.4. The molecule has 0 bridgehead atoms. The van der Waals surface area contributed by atoms with Gasteiger partial charge in [0.25, 0.3) is 6.43 Å². The van der Waals surface area contributed by atoms with Crippen molar-refractivity contribution in [2.75, 3.05) is 0 Å². The highest BCUT2D eigenvalue weighted by Crippen LogP contribution is 2.36. The van der Waals surface area contributed by atoms with Crippen molar-refractivity contribution in [1.29, 1.82) is 0 Å². The van der Waals surface area contributed by atoms with Crippen LogP contribution in [-0.2, 0) is 31.0 Å². The molecular weight excluding hydrogens is 400 g/mol. The number of rotatable bonds is 6. The first-order chi connectivity index (χ1) is 13.5. The number of carbonyl (C=O) groups excluding carboxylic acids is 1. The number of carbonyl (C=O) groups is 1.